The first-order chi connectivity index (χ1) is 7.13. The number of anilines is 1. The molecule has 0 bridgehead atoms. The van der Waals surface area contributed by atoms with E-state index in [9.17, 15) is 4.79 Å². The fourth-order valence-corrected chi connectivity index (χ4v) is 1.13. The minimum atomic E-state index is -0.264. The maximum atomic E-state index is 10.8. The Hall–Kier alpha value is -1.84. The van der Waals surface area contributed by atoms with E-state index in [1.807, 2.05) is 13.0 Å². The lowest BCUT2D eigenvalue weighted by atomic mass is 10.2. The van der Waals surface area contributed by atoms with Gasteiger partial charge in [0.25, 0.3) is 0 Å². The number of pyridine rings is 1. The largest absolute Gasteiger partial charge is 0.469 e. The molecule has 0 aliphatic heterocycles. The Morgan fingerprint density at radius 3 is 3.00 bits per heavy atom. The first-order valence-electron chi connectivity index (χ1n) is 4.59. The zero-order valence-electron chi connectivity index (χ0n) is 8.86. The van der Waals surface area contributed by atoms with Crippen molar-refractivity contribution in [1.82, 2.24) is 4.98 Å². The highest BCUT2D eigenvalue weighted by atomic mass is 16.5. The van der Waals surface area contributed by atoms with Gasteiger partial charge < -0.3 is 10.5 Å². The van der Waals surface area contributed by atoms with Crippen molar-refractivity contribution in [2.24, 2.45) is 0 Å². The van der Waals surface area contributed by atoms with Crippen LogP contribution in [0.4, 0.5) is 5.69 Å². The molecule has 1 aromatic rings. The third-order valence-corrected chi connectivity index (χ3v) is 1.93. The summed E-state index contributed by atoms with van der Waals surface area (Å²) >= 11 is 0. The number of esters is 1. The highest BCUT2D eigenvalue weighted by molar-refractivity contribution is 5.72. The van der Waals surface area contributed by atoms with Gasteiger partial charge in [-0.2, -0.15) is 0 Å². The Morgan fingerprint density at radius 1 is 1.67 bits per heavy atom. The molecule has 0 radical (unpaired) electrons. The van der Waals surface area contributed by atoms with Gasteiger partial charge in [0.2, 0.25) is 0 Å². The Balaban J connectivity index is 2.68. The molecule has 0 aliphatic rings. The zero-order chi connectivity index (χ0) is 11.3. The molecule has 0 amide bonds. The first kappa shape index (κ1) is 11.2. The molecule has 1 aromatic heterocycles. The molecule has 0 fully saturated rings. The smallest absolute Gasteiger partial charge is 0.309 e. The average Bonchev–Trinajstić information content (AvgIpc) is 2.21. The minimum absolute atomic E-state index is 0.252. The van der Waals surface area contributed by atoms with Gasteiger partial charge in [0, 0.05) is 0 Å². The normalized spacial score (nSPS) is 10.5. The SMILES string of the molecule is COC(=O)CC=Cc1ncc(N)cc1C. The quantitative estimate of drug-likeness (QED) is 0.762. The van der Waals surface area contributed by atoms with Crippen LogP contribution < -0.4 is 5.73 Å². The summed E-state index contributed by atoms with van der Waals surface area (Å²) in [4.78, 5) is 15.0. The lowest BCUT2D eigenvalue weighted by molar-refractivity contribution is -0.139. The van der Waals surface area contributed by atoms with Crippen molar-refractivity contribution in [1.29, 1.82) is 0 Å². The van der Waals surface area contributed by atoms with Crippen LogP contribution in [0.1, 0.15) is 17.7 Å². The van der Waals surface area contributed by atoms with Gasteiger partial charge in [0.15, 0.2) is 0 Å². The molecule has 80 valence electrons. The molecular weight excluding hydrogens is 192 g/mol. The molecule has 0 aromatic carbocycles. The molecule has 0 saturated heterocycles. The fraction of sp³-hybridized carbons (Fsp3) is 0.273. The Bertz CT molecular complexity index is 386. The van der Waals surface area contributed by atoms with Gasteiger partial charge in [0.05, 0.1) is 31.1 Å². The number of hydrogen-bond acceptors (Lipinski definition) is 4. The van der Waals surface area contributed by atoms with Gasteiger partial charge >= 0.3 is 5.97 Å². The van der Waals surface area contributed by atoms with Gasteiger partial charge in [-0.1, -0.05) is 6.08 Å². The lowest BCUT2D eigenvalue weighted by Gasteiger charge is -2.00. The van der Waals surface area contributed by atoms with Crippen LogP contribution in [0.15, 0.2) is 18.3 Å². The number of nitrogens with two attached hydrogens (primary N) is 1. The summed E-state index contributed by atoms with van der Waals surface area (Å²) in [5, 5.41) is 0. The Labute approximate surface area is 88.8 Å². The maximum Gasteiger partial charge on any atom is 0.309 e. The zero-order valence-corrected chi connectivity index (χ0v) is 8.86. The number of hydrogen-bond donors (Lipinski definition) is 1. The molecule has 0 unspecified atom stereocenters. The molecule has 0 atom stereocenters. The van der Waals surface area contributed by atoms with Crippen molar-refractivity contribution in [2.45, 2.75) is 13.3 Å². The molecule has 2 N–H and O–H groups in total. The van der Waals surface area contributed by atoms with Crippen LogP contribution in [0.5, 0.6) is 0 Å². The van der Waals surface area contributed by atoms with Gasteiger partial charge in [-0.15, -0.1) is 0 Å². The van der Waals surface area contributed by atoms with E-state index >= 15 is 0 Å². The van der Waals surface area contributed by atoms with E-state index in [1.54, 1.807) is 18.3 Å². The van der Waals surface area contributed by atoms with Crippen LogP contribution in [0.2, 0.25) is 0 Å². The van der Waals surface area contributed by atoms with E-state index in [4.69, 9.17) is 5.73 Å². The monoisotopic (exact) mass is 206 g/mol. The topological polar surface area (TPSA) is 65.2 Å². The van der Waals surface area contributed by atoms with E-state index in [2.05, 4.69) is 9.72 Å². The summed E-state index contributed by atoms with van der Waals surface area (Å²) in [6.45, 7) is 1.92. The van der Waals surface area contributed by atoms with Crippen LogP contribution in [-0.4, -0.2) is 18.1 Å². The van der Waals surface area contributed by atoms with E-state index in [-0.39, 0.29) is 12.4 Å². The molecule has 4 nitrogen and oxygen atoms in total. The molecule has 1 rings (SSSR count). The Morgan fingerprint density at radius 2 is 2.40 bits per heavy atom. The number of rotatable bonds is 3. The number of methoxy groups -OCH3 is 1. The molecular formula is C11H14N2O2. The summed E-state index contributed by atoms with van der Waals surface area (Å²) in [6, 6.07) is 1.84. The number of nitrogens with zero attached hydrogens (tertiary/aromatic N) is 1. The minimum Gasteiger partial charge on any atom is -0.469 e. The second kappa shape index (κ2) is 5.14. The second-order valence-electron chi connectivity index (χ2n) is 3.15. The summed E-state index contributed by atoms with van der Waals surface area (Å²) in [6.07, 6.45) is 5.34. The third-order valence-electron chi connectivity index (χ3n) is 1.93. The van der Waals surface area contributed by atoms with Crippen LogP contribution in [0.25, 0.3) is 6.08 Å². The molecule has 0 aliphatic carbocycles. The Kier molecular flexibility index (Phi) is 3.85. The lowest BCUT2D eigenvalue weighted by Crippen LogP contribution is -1.97. The average molecular weight is 206 g/mol. The first-order valence-corrected chi connectivity index (χ1v) is 4.59. The highest BCUT2D eigenvalue weighted by Gasteiger charge is 1.97. The number of carbonyl (C=O) groups excluding carboxylic acids is 1. The standard InChI is InChI=1S/C11H14N2O2/c1-8-6-9(12)7-13-10(8)4-3-5-11(14)15-2/h3-4,6-7H,5,12H2,1-2H3. The highest BCUT2D eigenvalue weighted by Crippen LogP contribution is 2.10. The number of aryl methyl sites for hydroxylation is 1. The van der Waals surface area contributed by atoms with Crippen LogP contribution in [0, 0.1) is 6.92 Å². The number of aromatic nitrogens is 1. The maximum absolute atomic E-state index is 10.8. The molecule has 0 spiro atoms. The van der Waals surface area contributed by atoms with Gasteiger partial charge in [0.1, 0.15) is 0 Å². The van der Waals surface area contributed by atoms with Gasteiger partial charge in [-0.25, -0.2) is 0 Å². The molecule has 15 heavy (non-hydrogen) atoms. The molecule has 1 heterocycles. The van der Waals surface area contributed by atoms with Crippen molar-refractivity contribution in [2.75, 3.05) is 12.8 Å². The predicted molar refractivity (Wildman–Crippen MR) is 59.1 cm³/mol. The van der Waals surface area contributed by atoms with Crippen molar-refractivity contribution in [3.8, 4) is 0 Å². The van der Waals surface area contributed by atoms with E-state index in [0.29, 0.717) is 5.69 Å². The summed E-state index contributed by atoms with van der Waals surface area (Å²) in [7, 11) is 1.36. The van der Waals surface area contributed by atoms with Crippen molar-refractivity contribution < 1.29 is 9.53 Å². The number of ether oxygens (including phenoxy) is 1. The van der Waals surface area contributed by atoms with E-state index in [1.165, 1.54) is 7.11 Å². The van der Waals surface area contributed by atoms with E-state index in [0.717, 1.165) is 11.3 Å². The number of nitrogen functional groups attached to an aromatic ring is 1. The van der Waals surface area contributed by atoms with Crippen molar-refractivity contribution in [3.63, 3.8) is 0 Å². The predicted octanol–water partition coefficient (Wildman–Crippen LogP) is 1.55. The van der Waals surface area contributed by atoms with Crippen molar-refractivity contribution >= 4 is 17.7 Å². The van der Waals surface area contributed by atoms with Gasteiger partial charge in [-0.05, 0) is 24.6 Å². The van der Waals surface area contributed by atoms with Crippen molar-refractivity contribution in [3.05, 3.63) is 29.6 Å². The summed E-state index contributed by atoms with van der Waals surface area (Å²) < 4.78 is 4.51. The fourth-order valence-electron chi connectivity index (χ4n) is 1.13. The van der Waals surface area contributed by atoms with Crippen LogP contribution >= 0.6 is 0 Å². The third kappa shape index (κ3) is 3.42. The van der Waals surface area contributed by atoms with Crippen LogP contribution in [0.3, 0.4) is 0 Å². The second-order valence-corrected chi connectivity index (χ2v) is 3.15. The molecule has 0 saturated carbocycles. The number of carbonyl (C=O) groups is 1. The summed E-state index contributed by atoms with van der Waals surface area (Å²) in [5.74, 6) is -0.264. The molecule has 4 heteroatoms. The van der Waals surface area contributed by atoms with E-state index < -0.39 is 0 Å². The van der Waals surface area contributed by atoms with Crippen LogP contribution in [-0.2, 0) is 9.53 Å². The summed E-state index contributed by atoms with van der Waals surface area (Å²) in [5.41, 5.74) is 8.00. The van der Waals surface area contributed by atoms with Gasteiger partial charge in [-0.3, -0.25) is 9.78 Å².